The van der Waals surface area contributed by atoms with Gasteiger partial charge in [-0.3, -0.25) is 0 Å². The fraction of sp³-hybridized carbons (Fsp3) is 0.360. The summed E-state index contributed by atoms with van der Waals surface area (Å²) in [6.45, 7) is 4.39. The van der Waals surface area contributed by atoms with Gasteiger partial charge in [-0.15, -0.1) is 0 Å². The summed E-state index contributed by atoms with van der Waals surface area (Å²) in [7, 11) is 0. The van der Waals surface area contributed by atoms with Gasteiger partial charge >= 0.3 is 165 Å². The van der Waals surface area contributed by atoms with Gasteiger partial charge in [0.25, 0.3) is 0 Å². The van der Waals surface area contributed by atoms with E-state index in [1.165, 1.54) is 49.7 Å². The van der Waals surface area contributed by atoms with Crippen molar-refractivity contribution in [2.45, 2.75) is 52.4 Å². The zero-order valence-corrected chi connectivity index (χ0v) is 17.7. The molecule has 26 heavy (non-hydrogen) atoms. The fourth-order valence-corrected chi connectivity index (χ4v) is 9.09. The van der Waals surface area contributed by atoms with E-state index in [9.17, 15) is 0 Å². The number of benzene rings is 2. The molecule has 2 aromatic rings. The van der Waals surface area contributed by atoms with Crippen molar-refractivity contribution in [3.8, 4) is 0 Å². The number of aryl methyl sites for hydroxylation is 2. The van der Waals surface area contributed by atoms with E-state index in [2.05, 4.69) is 74.5 Å². The molecule has 0 amide bonds. The average Bonchev–Trinajstić information content (AvgIpc) is 3.15. The van der Waals surface area contributed by atoms with Gasteiger partial charge in [0, 0.05) is 0 Å². The Morgan fingerprint density at radius 3 is 1.81 bits per heavy atom. The van der Waals surface area contributed by atoms with Crippen LogP contribution in [0.25, 0.3) is 0 Å². The molecule has 0 radical (unpaired) electrons. The molecule has 2 aliphatic rings. The SMILES string of the molecule is Cc1cc[c]([Ti]([C]2=C(C3CCCCC3)C=CC2)[c]2ccc(C)cc2)cc1. The van der Waals surface area contributed by atoms with Crippen molar-refractivity contribution < 1.29 is 17.9 Å². The third-order valence-electron chi connectivity index (χ3n) is 6.00. The van der Waals surface area contributed by atoms with Crippen LogP contribution in [0.5, 0.6) is 0 Å². The number of allylic oxidation sites excluding steroid dienone is 4. The van der Waals surface area contributed by atoms with Crippen molar-refractivity contribution in [1.29, 1.82) is 0 Å². The van der Waals surface area contributed by atoms with Crippen LogP contribution in [0.2, 0.25) is 0 Å². The van der Waals surface area contributed by atoms with E-state index >= 15 is 0 Å². The molecule has 0 N–H and O–H groups in total. The topological polar surface area (TPSA) is 0 Å². The predicted octanol–water partition coefficient (Wildman–Crippen LogP) is 5.67. The molecular weight excluding hydrogens is 348 g/mol. The van der Waals surface area contributed by atoms with E-state index in [-0.39, 0.29) is 0 Å². The van der Waals surface area contributed by atoms with Gasteiger partial charge in [0.1, 0.15) is 0 Å². The minimum absolute atomic E-state index is 0.816. The normalized spacial score (nSPS) is 17.8. The van der Waals surface area contributed by atoms with Crippen molar-refractivity contribution in [3.63, 3.8) is 0 Å². The summed E-state index contributed by atoms with van der Waals surface area (Å²) < 4.78 is 5.02. The number of rotatable bonds is 4. The molecule has 0 aromatic heterocycles. The Kier molecular flexibility index (Phi) is 5.62. The molecule has 4 rings (SSSR count). The average molecular weight is 377 g/mol. The van der Waals surface area contributed by atoms with Gasteiger partial charge in [-0.05, 0) is 0 Å². The zero-order chi connectivity index (χ0) is 17.9. The van der Waals surface area contributed by atoms with Crippen LogP contribution in [0.15, 0.2) is 70.1 Å². The third-order valence-corrected chi connectivity index (χ3v) is 10.6. The first-order valence-electron chi connectivity index (χ1n) is 10.1. The van der Waals surface area contributed by atoms with Gasteiger partial charge in [-0.1, -0.05) is 0 Å². The Morgan fingerprint density at radius 1 is 0.731 bits per heavy atom. The number of hydrogen-bond acceptors (Lipinski definition) is 0. The summed E-state index contributed by atoms with van der Waals surface area (Å²) in [6.07, 6.45) is 13.2. The zero-order valence-electron chi connectivity index (χ0n) is 16.1. The maximum absolute atomic E-state index is 2.49. The third kappa shape index (κ3) is 3.82. The Bertz CT molecular complexity index is 757. The van der Waals surface area contributed by atoms with Crippen LogP contribution in [0.4, 0.5) is 0 Å². The van der Waals surface area contributed by atoms with E-state index in [1.54, 1.807) is 13.3 Å². The molecule has 1 heteroatoms. The molecule has 0 heterocycles. The number of hydrogen-bond donors (Lipinski definition) is 0. The van der Waals surface area contributed by atoms with E-state index < -0.39 is 17.9 Å². The van der Waals surface area contributed by atoms with Crippen molar-refractivity contribution in [2.24, 2.45) is 5.92 Å². The van der Waals surface area contributed by atoms with Gasteiger partial charge in [0.2, 0.25) is 0 Å². The quantitative estimate of drug-likeness (QED) is 0.603. The molecule has 0 saturated heterocycles. The molecule has 1 saturated carbocycles. The summed E-state index contributed by atoms with van der Waals surface area (Å²) in [4.78, 5) is 0. The second-order valence-corrected chi connectivity index (χ2v) is 11.9. The van der Waals surface area contributed by atoms with Crippen molar-refractivity contribution in [1.82, 2.24) is 0 Å². The van der Waals surface area contributed by atoms with Crippen LogP contribution >= 0.6 is 0 Å². The molecule has 133 valence electrons. The Balaban J connectivity index is 1.79. The maximum atomic E-state index is 2.49. The van der Waals surface area contributed by atoms with Crippen LogP contribution in [-0.2, 0) is 17.9 Å². The predicted molar refractivity (Wildman–Crippen MR) is 109 cm³/mol. The van der Waals surface area contributed by atoms with Crippen LogP contribution in [0.1, 0.15) is 49.7 Å². The summed E-state index contributed by atoms with van der Waals surface area (Å²) in [5.41, 5.74) is 4.45. The molecule has 0 bridgehead atoms. The molecule has 0 atom stereocenters. The van der Waals surface area contributed by atoms with Crippen molar-refractivity contribution in [2.75, 3.05) is 0 Å². The Morgan fingerprint density at radius 2 is 1.27 bits per heavy atom. The molecule has 1 fully saturated rings. The van der Waals surface area contributed by atoms with E-state index in [0.717, 1.165) is 5.92 Å². The molecule has 0 nitrogen and oxygen atoms in total. The van der Waals surface area contributed by atoms with Crippen LogP contribution in [0, 0.1) is 19.8 Å². The van der Waals surface area contributed by atoms with E-state index in [0.29, 0.717) is 0 Å². The van der Waals surface area contributed by atoms with Crippen LogP contribution in [0.3, 0.4) is 0 Å². The van der Waals surface area contributed by atoms with Crippen molar-refractivity contribution >= 4 is 7.74 Å². The van der Waals surface area contributed by atoms with E-state index in [1.807, 2.05) is 3.88 Å². The van der Waals surface area contributed by atoms with Crippen molar-refractivity contribution in [3.05, 3.63) is 81.3 Å². The first-order valence-corrected chi connectivity index (χ1v) is 12.5. The van der Waals surface area contributed by atoms with Gasteiger partial charge in [-0.2, -0.15) is 0 Å². The van der Waals surface area contributed by atoms with Gasteiger partial charge < -0.3 is 0 Å². The summed E-state index contributed by atoms with van der Waals surface area (Å²) in [5, 5.41) is 0. The molecule has 0 spiro atoms. The molecule has 0 unspecified atom stereocenters. The first kappa shape index (κ1) is 18.0. The molecule has 2 aliphatic carbocycles. The Hall–Kier alpha value is -1.37. The minimum atomic E-state index is -1.71. The molecular formula is C25H29Ti. The summed E-state index contributed by atoms with van der Waals surface area (Å²) in [6, 6.07) is 18.9. The van der Waals surface area contributed by atoms with Gasteiger partial charge in [0.15, 0.2) is 0 Å². The van der Waals surface area contributed by atoms with Gasteiger partial charge in [-0.25, -0.2) is 0 Å². The second-order valence-electron chi connectivity index (χ2n) is 7.98. The van der Waals surface area contributed by atoms with Gasteiger partial charge in [0.05, 0.1) is 0 Å². The summed E-state index contributed by atoms with van der Waals surface area (Å²) in [5.74, 6) is 0.816. The monoisotopic (exact) mass is 377 g/mol. The van der Waals surface area contributed by atoms with Crippen LogP contribution in [-0.4, -0.2) is 0 Å². The van der Waals surface area contributed by atoms with Crippen LogP contribution < -0.4 is 7.74 Å². The van der Waals surface area contributed by atoms with E-state index in [4.69, 9.17) is 0 Å². The first-order chi connectivity index (χ1) is 12.7. The molecule has 2 aromatic carbocycles. The molecule has 0 aliphatic heterocycles. The fourth-order valence-electron chi connectivity index (χ4n) is 4.52. The second kappa shape index (κ2) is 8.11. The standard InChI is InChI=1S/C11H15.2C7H7.Ti/c1-2-6-10(7-3-1)11-8-4-5-9-11;2*1-7-5-3-2-4-6-7;/h4,8,10H,1-3,5-7H2;2*3-6H,1H3;. The Labute approximate surface area is 164 Å². The summed E-state index contributed by atoms with van der Waals surface area (Å²) >= 11 is -1.71.